The highest BCUT2D eigenvalue weighted by Crippen LogP contribution is 2.68. The Bertz CT molecular complexity index is 604. The van der Waals surface area contributed by atoms with Gasteiger partial charge in [0.1, 0.15) is 5.60 Å². The zero-order chi connectivity index (χ0) is 18.0. The van der Waals surface area contributed by atoms with Gasteiger partial charge in [-0.15, -0.1) is 6.42 Å². The van der Waals surface area contributed by atoms with Gasteiger partial charge < -0.3 is 10.2 Å². The van der Waals surface area contributed by atoms with Crippen molar-refractivity contribution in [2.75, 3.05) is 0 Å². The van der Waals surface area contributed by atoms with E-state index >= 15 is 0 Å². The summed E-state index contributed by atoms with van der Waals surface area (Å²) >= 11 is 0. The Hall–Kier alpha value is -0.780. The van der Waals surface area contributed by atoms with E-state index in [0.717, 1.165) is 44.9 Å². The van der Waals surface area contributed by atoms with Gasteiger partial charge in [-0.05, 0) is 86.9 Å². The molecule has 0 spiro atoms. The van der Waals surface area contributed by atoms with Crippen molar-refractivity contribution in [3.63, 3.8) is 0 Å². The second kappa shape index (κ2) is 5.86. The summed E-state index contributed by atoms with van der Waals surface area (Å²) < 4.78 is 0. The van der Waals surface area contributed by atoms with Crippen molar-refractivity contribution in [2.24, 2.45) is 40.9 Å². The van der Waals surface area contributed by atoms with Crippen LogP contribution in [0.5, 0.6) is 0 Å². The molecule has 0 saturated heterocycles. The van der Waals surface area contributed by atoms with Crippen molar-refractivity contribution < 1.29 is 10.2 Å². The van der Waals surface area contributed by atoms with Gasteiger partial charge in [-0.25, -0.2) is 0 Å². The summed E-state index contributed by atoms with van der Waals surface area (Å²) in [6.45, 7) is 9.17. The van der Waals surface area contributed by atoms with Gasteiger partial charge in [-0.2, -0.15) is 0 Å². The standard InChI is InChI=1S/C23H34O2/c1-5-22-13-15(4)20-18-8-7-17(24)12-16(18)11-14(3)21(20)19(22)9-10-23(22,25)6-2/h2,14,16-21,24-25H,4-5,7-13H2,1,3H3/t14-,16+,17-,18+,19+,20-,21+,22+,23+/m1/s1. The van der Waals surface area contributed by atoms with Crippen molar-refractivity contribution in [2.45, 2.75) is 76.9 Å². The van der Waals surface area contributed by atoms with E-state index in [4.69, 9.17) is 6.42 Å². The van der Waals surface area contributed by atoms with E-state index in [-0.39, 0.29) is 11.5 Å². The van der Waals surface area contributed by atoms with E-state index in [1.54, 1.807) is 0 Å². The van der Waals surface area contributed by atoms with E-state index < -0.39 is 5.60 Å². The number of fused-ring (bicyclic) bond motifs is 5. The van der Waals surface area contributed by atoms with Gasteiger partial charge in [0.2, 0.25) is 0 Å². The third-order valence-electron chi connectivity index (χ3n) is 8.92. The summed E-state index contributed by atoms with van der Waals surface area (Å²) in [7, 11) is 0. The van der Waals surface area contributed by atoms with Crippen molar-refractivity contribution >= 4 is 0 Å². The highest BCUT2D eigenvalue weighted by Gasteiger charge is 2.65. The summed E-state index contributed by atoms with van der Waals surface area (Å²) in [5.74, 6) is 6.48. The molecule has 0 aromatic heterocycles. The van der Waals surface area contributed by atoms with Gasteiger partial charge in [0, 0.05) is 5.41 Å². The van der Waals surface area contributed by atoms with Crippen LogP contribution in [0, 0.1) is 53.3 Å². The van der Waals surface area contributed by atoms with Crippen LogP contribution >= 0.6 is 0 Å². The first-order valence-electron chi connectivity index (χ1n) is 10.4. The molecule has 2 nitrogen and oxygen atoms in total. The molecular formula is C23H34O2. The highest BCUT2D eigenvalue weighted by molar-refractivity contribution is 5.30. The lowest BCUT2D eigenvalue weighted by Crippen LogP contribution is -2.57. The maximum absolute atomic E-state index is 11.3. The first-order valence-corrected chi connectivity index (χ1v) is 10.4. The monoisotopic (exact) mass is 342 g/mol. The molecule has 0 radical (unpaired) electrons. The SMILES string of the molecule is C#C[C@]1(O)CC[C@H]2[C@H]3[C@H](C(=C)C[C@@]21CC)[C@H]1CC[C@@H](O)C[C@@H]1C[C@H]3C. The molecule has 0 heterocycles. The van der Waals surface area contributed by atoms with E-state index in [1.807, 2.05) is 0 Å². The van der Waals surface area contributed by atoms with Gasteiger partial charge in [-0.3, -0.25) is 0 Å². The second-order valence-electron chi connectivity index (χ2n) is 9.70. The number of aliphatic hydroxyl groups is 2. The Kier molecular flexibility index (Phi) is 4.13. The molecule has 0 unspecified atom stereocenters. The van der Waals surface area contributed by atoms with Gasteiger partial charge in [0.25, 0.3) is 0 Å². The first-order chi connectivity index (χ1) is 11.9. The Labute approximate surface area is 153 Å². The van der Waals surface area contributed by atoms with Crippen LogP contribution in [-0.2, 0) is 0 Å². The van der Waals surface area contributed by atoms with Gasteiger partial charge in [0.15, 0.2) is 0 Å². The van der Waals surface area contributed by atoms with Crippen molar-refractivity contribution in [1.29, 1.82) is 0 Å². The van der Waals surface area contributed by atoms with E-state index in [2.05, 4.69) is 26.3 Å². The van der Waals surface area contributed by atoms with Crippen LogP contribution in [-0.4, -0.2) is 21.9 Å². The molecule has 0 bridgehead atoms. The zero-order valence-corrected chi connectivity index (χ0v) is 15.9. The summed E-state index contributed by atoms with van der Waals surface area (Å²) in [4.78, 5) is 0. The molecule has 4 aliphatic rings. The summed E-state index contributed by atoms with van der Waals surface area (Å²) in [5, 5.41) is 21.4. The van der Waals surface area contributed by atoms with Gasteiger partial charge >= 0.3 is 0 Å². The smallest absolute Gasteiger partial charge is 0.131 e. The quantitative estimate of drug-likeness (QED) is 0.555. The lowest BCUT2D eigenvalue weighted by Gasteiger charge is -2.60. The molecule has 138 valence electrons. The fourth-order valence-corrected chi connectivity index (χ4v) is 7.96. The Morgan fingerprint density at radius 1 is 1.28 bits per heavy atom. The summed E-state index contributed by atoms with van der Waals surface area (Å²) in [5.41, 5.74) is 0.214. The highest BCUT2D eigenvalue weighted by atomic mass is 16.3. The topological polar surface area (TPSA) is 40.5 Å². The van der Waals surface area contributed by atoms with E-state index in [0.29, 0.717) is 35.5 Å². The molecule has 4 saturated carbocycles. The maximum atomic E-state index is 11.3. The maximum Gasteiger partial charge on any atom is 0.131 e. The van der Waals surface area contributed by atoms with E-state index in [1.165, 1.54) is 12.0 Å². The average molecular weight is 343 g/mol. The van der Waals surface area contributed by atoms with E-state index in [9.17, 15) is 10.2 Å². The van der Waals surface area contributed by atoms with Gasteiger partial charge in [-0.1, -0.05) is 31.9 Å². The first kappa shape index (κ1) is 17.6. The minimum absolute atomic E-state index is 0.102. The summed E-state index contributed by atoms with van der Waals surface area (Å²) in [6, 6.07) is 0. The number of hydrogen-bond acceptors (Lipinski definition) is 2. The van der Waals surface area contributed by atoms with Crippen LogP contribution in [0.2, 0.25) is 0 Å². The molecule has 2 N–H and O–H groups in total. The second-order valence-corrected chi connectivity index (χ2v) is 9.70. The predicted molar refractivity (Wildman–Crippen MR) is 101 cm³/mol. The fraction of sp³-hybridized carbons (Fsp3) is 0.826. The van der Waals surface area contributed by atoms with Gasteiger partial charge in [0.05, 0.1) is 6.10 Å². The Morgan fingerprint density at radius 2 is 2.04 bits per heavy atom. The third-order valence-corrected chi connectivity index (χ3v) is 8.92. The molecule has 25 heavy (non-hydrogen) atoms. The summed E-state index contributed by atoms with van der Waals surface area (Å²) in [6.07, 6.45) is 13.7. The molecule has 0 aromatic rings. The lowest BCUT2D eigenvalue weighted by molar-refractivity contribution is -0.114. The van der Waals surface area contributed by atoms with Crippen LogP contribution in [0.3, 0.4) is 0 Å². The zero-order valence-electron chi connectivity index (χ0n) is 15.9. The number of allylic oxidation sites excluding steroid dienone is 1. The number of hydrogen-bond donors (Lipinski definition) is 2. The van der Waals surface area contributed by atoms with Crippen LogP contribution in [0.25, 0.3) is 0 Å². The number of terminal acetylenes is 1. The largest absolute Gasteiger partial charge is 0.393 e. The molecule has 4 rings (SSSR count). The molecule has 0 aromatic carbocycles. The van der Waals surface area contributed by atoms with Crippen LogP contribution < -0.4 is 0 Å². The van der Waals surface area contributed by atoms with Crippen LogP contribution in [0.4, 0.5) is 0 Å². The number of rotatable bonds is 1. The molecule has 4 fully saturated rings. The Morgan fingerprint density at radius 3 is 2.72 bits per heavy atom. The van der Waals surface area contributed by atoms with Crippen molar-refractivity contribution in [3.05, 3.63) is 12.2 Å². The molecular weight excluding hydrogens is 308 g/mol. The van der Waals surface area contributed by atoms with Crippen molar-refractivity contribution in [1.82, 2.24) is 0 Å². The minimum Gasteiger partial charge on any atom is -0.393 e. The molecule has 4 aliphatic carbocycles. The van der Waals surface area contributed by atoms with Crippen LogP contribution in [0.15, 0.2) is 12.2 Å². The minimum atomic E-state index is -0.959. The van der Waals surface area contributed by atoms with Crippen LogP contribution in [0.1, 0.15) is 65.2 Å². The molecule has 0 aliphatic heterocycles. The van der Waals surface area contributed by atoms with Crippen molar-refractivity contribution in [3.8, 4) is 12.3 Å². The average Bonchev–Trinajstić information content (AvgIpc) is 2.88. The Balaban J connectivity index is 1.73. The normalized spacial score (nSPS) is 55.0. The molecule has 9 atom stereocenters. The third kappa shape index (κ3) is 2.25. The lowest BCUT2D eigenvalue weighted by atomic mass is 9.45. The fourth-order valence-electron chi connectivity index (χ4n) is 7.96. The number of aliphatic hydroxyl groups excluding tert-OH is 1. The molecule has 2 heteroatoms. The predicted octanol–water partition coefficient (Wildman–Crippen LogP) is 4.17. The molecule has 0 amide bonds.